The number of piperidine rings is 3. The Labute approximate surface area is 204 Å². The molecule has 6 aliphatic rings. The molecule has 0 bridgehead atoms. The Kier molecular flexibility index (Phi) is 6.63. The molecule has 0 aromatic heterocycles. The minimum Gasteiger partial charge on any atom is -0.309 e. The molecule has 0 amide bonds. The topological polar surface area (TPSA) is 36.1 Å². The van der Waals surface area contributed by atoms with Crippen LogP contribution in [0.5, 0.6) is 0 Å². The second-order valence-electron chi connectivity index (χ2n) is 14.2. The van der Waals surface area contributed by atoms with E-state index in [1.807, 2.05) is 0 Å². The third-order valence-corrected chi connectivity index (χ3v) is 11.4. The first-order valence-corrected chi connectivity index (χ1v) is 15.4. The zero-order valence-electron chi connectivity index (χ0n) is 21.7. The first-order valence-electron chi connectivity index (χ1n) is 15.4. The van der Waals surface area contributed by atoms with Gasteiger partial charge in [0.2, 0.25) is 0 Å². The summed E-state index contributed by atoms with van der Waals surface area (Å²) in [4.78, 5) is 0. The van der Waals surface area contributed by atoms with Crippen molar-refractivity contribution in [3.05, 3.63) is 0 Å². The standard InChI is InChI=1S/C30H53N3/c1-23-8-5-16-30(31-23)21-25(22-30)19-27-10-7-15-29(33-27)17-11-24(20-29)18-26-9-6-14-28(32-26)12-3-2-4-13-28/h23-27,31-33H,2-22H2,1H3. The molecule has 3 N–H and O–H groups in total. The SMILES string of the molecule is CC1CCCC2(CC(CC3CCCC4(CCC(CC5CCCC6(CCCCC6)N5)C4)N3)C2)N1. The molecule has 3 saturated heterocycles. The minimum absolute atomic E-state index is 0.504. The van der Waals surface area contributed by atoms with Crippen molar-refractivity contribution in [2.75, 3.05) is 0 Å². The molecule has 6 rings (SSSR count). The highest BCUT2D eigenvalue weighted by atomic mass is 15.1. The van der Waals surface area contributed by atoms with Gasteiger partial charge in [0.25, 0.3) is 0 Å². The third-order valence-electron chi connectivity index (χ3n) is 11.4. The largest absolute Gasteiger partial charge is 0.309 e. The van der Waals surface area contributed by atoms with Gasteiger partial charge in [-0.3, -0.25) is 0 Å². The van der Waals surface area contributed by atoms with Crippen molar-refractivity contribution in [3.8, 4) is 0 Å². The van der Waals surface area contributed by atoms with Crippen molar-refractivity contribution in [1.29, 1.82) is 0 Å². The van der Waals surface area contributed by atoms with Crippen LogP contribution in [0, 0.1) is 11.8 Å². The van der Waals surface area contributed by atoms with E-state index in [9.17, 15) is 0 Å². The zero-order valence-corrected chi connectivity index (χ0v) is 21.7. The molecule has 0 aromatic rings. The van der Waals surface area contributed by atoms with Gasteiger partial charge >= 0.3 is 0 Å². The lowest BCUT2D eigenvalue weighted by molar-refractivity contribution is 0.0400. The summed E-state index contributed by atoms with van der Waals surface area (Å²) in [5, 5.41) is 12.5. The van der Waals surface area contributed by atoms with Crippen molar-refractivity contribution in [1.82, 2.24) is 16.0 Å². The second kappa shape index (κ2) is 9.40. The van der Waals surface area contributed by atoms with Crippen molar-refractivity contribution < 1.29 is 0 Å². The van der Waals surface area contributed by atoms with Crippen LogP contribution in [0.4, 0.5) is 0 Å². The average Bonchev–Trinajstić information content (AvgIpc) is 3.14. The van der Waals surface area contributed by atoms with Gasteiger partial charge in [0.1, 0.15) is 0 Å². The van der Waals surface area contributed by atoms with Crippen LogP contribution in [0.1, 0.15) is 142 Å². The molecule has 3 saturated carbocycles. The van der Waals surface area contributed by atoms with E-state index < -0.39 is 0 Å². The highest BCUT2D eigenvalue weighted by Gasteiger charge is 2.48. The van der Waals surface area contributed by atoms with E-state index in [0.717, 1.165) is 30.0 Å². The van der Waals surface area contributed by atoms with Gasteiger partial charge in [0.05, 0.1) is 0 Å². The monoisotopic (exact) mass is 455 g/mol. The van der Waals surface area contributed by atoms with Crippen LogP contribution in [-0.4, -0.2) is 34.7 Å². The van der Waals surface area contributed by atoms with Gasteiger partial charge < -0.3 is 16.0 Å². The molecule has 6 fully saturated rings. The van der Waals surface area contributed by atoms with E-state index in [4.69, 9.17) is 0 Å². The lowest BCUT2D eigenvalue weighted by Gasteiger charge is -2.54. The summed E-state index contributed by atoms with van der Waals surface area (Å²) >= 11 is 0. The Balaban J connectivity index is 0.980. The van der Waals surface area contributed by atoms with E-state index >= 15 is 0 Å². The van der Waals surface area contributed by atoms with Crippen molar-refractivity contribution >= 4 is 0 Å². The second-order valence-corrected chi connectivity index (χ2v) is 14.2. The molecule has 3 heteroatoms. The lowest BCUT2D eigenvalue weighted by Crippen LogP contribution is -2.61. The quantitative estimate of drug-likeness (QED) is 0.447. The van der Waals surface area contributed by atoms with Crippen LogP contribution >= 0.6 is 0 Å². The molecule has 3 aliphatic heterocycles. The van der Waals surface area contributed by atoms with Crippen LogP contribution in [-0.2, 0) is 0 Å². The third kappa shape index (κ3) is 5.08. The Bertz CT molecular complexity index is 658. The Morgan fingerprint density at radius 3 is 1.85 bits per heavy atom. The average molecular weight is 456 g/mol. The molecule has 0 aromatic carbocycles. The smallest absolute Gasteiger partial charge is 0.0189 e. The Hall–Kier alpha value is -0.120. The fourth-order valence-corrected chi connectivity index (χ4v) is 10.1. The first-order chi connectivity index (χ1) is 16.0. The van der Waals surface area contributed by atoms with E-state index in [-0.39, 0.29) is 0 Å². The predicted octanol–water partition coefficient (Wildman–Crippen LogP) is 6.60. The number of hydrogen-bond acceptors (Lipinski definition) is 3. The summed E-state index contributed by atoms with van der Waals surface area (Å²) in [7, 11) is 0. The van der Waals surface area contributed by atoms with Gasteiger partial charge in [-0.15, -0.1) is 0 Å². The molecule has 188 valence electrons. The maximum absolute atomic E-state index is 4.31. The minimum atomic E-state index is 0.504. The zero-order chi connectivity index (χ0) is 22.4. The summed E-state index contributed by atoms with van der Waals surface area (Å²) in [5.41, 5.74) is 1.58. The van der Waals surface area contributed by atoms with E-state index in [0.29, 0.717) is 16.6 Å². The lowest BCUT2D eigenvalue weighted by atomic mass is 9.62. The fraction of sp³-hybridized carbons (Fsp3) is 1.00. The van der Waals surface area contributed by atoms with Crippen molar-refractivity contribution in [3.63, 3.8) is 0 Å². The van der Waals surface area contributed by atoms with Crippen LogP contribution in [0.25, 0.3) is 0 Å². The van der Waals surface area contributed by atoms with E-state index in [2.05, 4.69) is 22.9 Å². The predicted molar refractivity (Wildman–Crippen MR) is 139 cm³/mol. The summed E-state index contributed by atoms with van der Waals surface area (Å²) in [6, 6.07) is 2.37. The molecular formula is C30H53N3. The molecule has 5 atom stereocenters. The first kappa shape index (κ1) is 23.3. The summed E-state index contributed by atoms with van der Waals surface area (Å²) in [6.07, 6.45) is 30.6. The molecule has 5 unspecified atom stereocenters. The maximum atomic E-state index is 4.31. The van der Waals surface area contributed by atoms with Crippen LogP contribution in [0.3, 0.4) is 0 Å². The van der Waals surface area contributed by atoms with Gasteiger partial charge in [-0.25, -0.2) is 0 Å². The van der Waals surface area contributed by atoms with Gasteiger partial charge in [-0.1, -0.05) is 38.5 Å². The number of hydrogen-bond donors (Lipinski definition) is 3. The van der Waals surface area contributed by atoms with E-state index in [1.165, 1.54) is 135 Å². The summed E-state index contributed by atoms with van der Waals surface area (Å²) in [5.74, 6) is 1.94. The van der Waals surface area contributed by atoms with E-state index in [1.54, 1.807) is 0 Å². The molecule has 3 spiro atoms. The maximum Gasteiger partial charge on any atom is 0.0189 e. The van der Waals surface area contributed by atoms with Crippen LogP contribution in [0.2, 0.25) is 0 Å². The molecule has 3 aliphatic carbocycles. The molecule has 3 nitrogen and oxygen atoms in total. The van der Waals surface area contributed by atoms with Crippen LogP contribution in [0.15, 0.2) is 0 Å². The van der Waals surface area contributed by atoms with Gasteiger partial charge in [0.15, 0.2) is 0 Å². The summed E-state index contributed by atoms with van der Waals surface area (Å²) in [6.45, 7) is 2.40. The normalized spacial score (nSPS) is 47.7. The Morgan fingerprint density at radius 2 is 1.09 bits per heavy atom. The van der Waals surface area contributed by atoms with Crippen molar-refractivity contribution in [2.45, 2.75) is 177 Å². The molecule has 3 heterocycles. The number of rotatable bonds is 4. The fourth-order valence-electron chi connectivity index (χ4n) is 10.1. The molecule has 0 radical (unpaired) electrons. The van der Waals surface area contributed by atoms with Crippen molar-refractivity contribution in [2.24, 2.45) is 11.8 Å². The number of nitrogens with one attached hydrogen (secondary N) is 3. The molecule has 33 heavy (non-hydrogen) atoms. The highest BCUT2D eigenvalue weighted by molar-refractivity contribution is 5.07. The highest BCUT2D eigenvalue weighted by Crippen LogP contribution is 2.48. The molecular weight excluding hydrogens is 402 g/mol. The Morgan fingerprint density at radius 1 is 0.515 bits per heavy atom. The summed E-state index contributed by atoms with van der Waals surface area (Å²) < 4.78 is 0. The van der Waals surface area contributed by atoms with Crippen LogP contribution < -0.4 is 16.0 Å². The van der Waals surface area contributed by atoms with Gasteiger partial charge in [-0.05, 0) is 115 Å². The van der Waals surface area contributed by atoms with Gasteiger partial charge in [0, 0.05) is 34.7 Å². The van der Waals surface area contributed by atoms with Gasteiger partial charge in [-0.2, -0.15) is 0 Å².